The van der Waals surface area contributed by atoms with Gasteiger partial charge in [0.05, 0.1) is 33.4 Å². The molecule has 250 valence electrons. The summed E-state index contributed by atoms with van der Waals surface area (Å²) in [6.07, 6.45) is -6.15. The Morgan fingerprint density at radius 1 is 0.360 bits per heavy atom. The van der Waals surface area contributed by atoms with Gasteiger partial charge < -0.3 is 0 Å². The number of nitriles is 5. The van der Waals surface area contributed by atoms with E-state index >= 15 is 26.3 Å². The maximum Gasteiger partial charge on any atom is 0.422 e. The molecule has 0 radical (unpaired) electrons. The number of hydrogen-bond donors (Lipinski definition) is 0. The molecule has 0 saturated heterocycles. The van der Waals surface area contributed by atoms with Crippen molar-refractivity contribution in [1.82, 2.24) is 0 Å². The molecule has 0 bridgehead atoms. The third kappa shape index (κ3) is 5.04. The van der Waals surface area contributed by atoms with Crippen LogP contribution in [0.15, 0.2) is 16.7 Å². The highest BCUT2D eigenvalue weighted by molar-refractivity contribution is 6.12. The number of hydrogen-bond acceptors (Lipinski definition) is 5. The molecule has 3 aromatic rings. The Morgan fingerprint density at radius 3 is 0.760 bits per heavy atom. The normalized spacial score (nSPS) is 15.3. The molecule has 0 aromatic heterocycles. The third-order valence-electron chi connectivity index (χ3n) is 6.82. The van der Waals surface area contributed by atoms with Gasteiger partial charge in [-0.2, -0.15) is 39.5 Å². The predicted molar refractivity (Wildman–Crippen MR) is 131 cm³/mol. The first-order chi connectivity index (χ1) is 23.3. The zero-order valence-corrected chi connectivity index (χ0v) is 22.9. The predicted octanol–water partition coefficient (Wildman–Crippen LogP) is 8.36. The third-order valence-corrected chi connectivity index (χ3v) is 6.82. The van der Waals surface area contributed by atoms with Crippen molar-refractivity contribution in [3.63, 3.8) is 0 Å². The lowest BCUT2D eigenvalue weighted by Crippen LogP contribution is -2.17. The van der Waals surface area contributed by atoms with Crippen molar-refractivity contribution in [1.29, 1.82) is 26.3 Å². The molecular weight excluding hydrogens is 715 g/mol. The van der Waals surface area contributed by atoms with Gasteiger partial charge in [0.1, 0.15) is 47.0 Å². The van der Waals surface area contributed by atoms with E-state index in [1.807, 2.05) is 0 Å². The van der Waals surface area contributed by atoms with E-state index in [0.717, 1.165) is 18.2 Å². The fraction of sp³-hybridized carbons (Fsp3) is 0.0333. The Morgan fingerprint density at radius 2 is 0.580 bits per heavy atom. The second-order valence-electron chi connectivity index (χ2n) is 9.32. The van der Waals surface area contributed by atoms with Gasteiger partial charge in [-0.15, -0.1) is 0 Å². The molecule has 0 N–H and O–H groups in total. The van der Waals surface area contributed by atoms with Crippen molar-refractivity contribution in [2.75, 3.05) is 0 Å². The lowest BCUT2D eigenvalue weighted by Gasteiger charge is -2.13. The fourth-order valence-corrected chi connectivity index (χ4v) is 4.65. The molecule has 1 aliphatic rings. The summed E-state index contributed by atoms with van der Waals surface area (Å²) in [6.45, 7) is 0. The van der Waals surface area contributed by atoms with Crippen LogP contribution in [0.2, 0.25) is 0 Å². The van der Waals surface area contributed by atoms with Crippen LogP contribution in [-0.2, 0) is 6.18 Å². The molecule has 0 heterocycles. The highest BCUT2D eigenvalue weighted by Gasteiger charge is 2.48. The summed E-state index contributed by atoms with van der Waals surface area (Å²) in [5.41, 5.74) is -24.5. The largest absolute Gasteiger partial charge is 0.422 e. The number of rotatable bonds is 3. The summed E-state index contributed by atoms with van der Waals surface area (Å²) < 4.78 is 217. The van der Waals surface area contributed by atoms with E-state index in [9.17, 15) is 55.3 Å². The molecule has 1 fully saturated rings. The van der Waals surface area contributed by atoms with Gasteiger partial charge in [-0.1, -0.05) is 0 Å². The number of halogens is 15. The van der Waals surface area contributed by atoms with Crippen molar-refractivity contribution in [2.45, 2.75) is 6.18 Å². The smallest absolute Gasteiger partial charge is 0.203 e. The molecule has 1 saturated carbocycles. The minimum Gasteiger partial charge on any atom is -0.203 e. The number of nitrogens with zero attached hydrogens (tertiary/aromatic N) is 5. The van der Waals surface area contributed by atoms with E-state index in [4.69, 9.17) is 10.5 Å². The molecule has 4 rings (SSSR count). The molecule has 0 unspecified atom stereocenters. The first-order valence-corrected chi connectivity index (χ1v) is 12.2. The van der Waals surface area contributed by atoms with E-state index in [2.05, 4.69) is 0 Å². The van der Waals surface area contributed by atoms with Gasteiger partial charge in [0.15, 0.2) is 69.8 Å². The van der Waals surface area contributed by atoms with E-state index in [0.29, 0.717) is 12.1 Å². The van der Waals surface area contributed by atoms with Gasteiger partial charge in [0.2, 0.25) is 0 Å². The van der Waals surface area contributed by atoms with E-state index < -0.39 is 143 Å². The fourth-order valence-electron chi connectivity index (χ4n) is 4.65. The Bertz CT molecular complexity index is 2230. The minimum atomic E-state index is -6.15. The van der Waals surface area contributed by atoms with Gasteiger partial charge in [0, 0.05) is 16.7 Å². The Kier molecular flexibility index (Phi) is 8.95. The molecule has 5 nitrogen and oxygen atoms in total. The molecule has 0 atom stereocenters. The van der Waals surface area contributed by atoms with Crippen LogP contribution < -0.4 is 0 Å². The molecule has 3 aromatic carbocycles. The standard InChI is InChI=1S/C30F15N5/c31-18-9(4-49)19(32)23(36)14(22(18)35)6(1-46)11-12(7(2-47)15-24(37)20(33)10(5-50)21(34)25(15)38)13(11)8(3-48)16-26(39)28(41)17(30(43,44)45)29(42)27(16)40/b11-6-,12-7+,13-8?. The van der Waals surface area contributed by atoms with Gasteiger partial charge in [-0.3, -0.25) is 0 Å². The first kappa shape index (κ1) is 36.1. The minimum absolute atomic E-state index is 0.715. The number of allylic oxidation sites excluding steroid dienone is 6. The Balaban J connectivity index is 2.38. The Hall–Kier alpha value is -6.72. The molecule has 1 aliphatic carbocycles. The van der Waals surface area contributed by atoms with E-state index in [-0.39, 0.29) is 0 Å². The lowest BCUT2D eigenvalue weighted by atomic mass is 9.98. The number of benzene rings is 3. The van der Waals surface area contributed by atoms with Gasteiger partial charge >= 0.3 is 6.18 Å². The average Bonchev–Trinajstić information content (AvgIpc) is 3.77. The molecule has 0 amide bonds. The molecule has 0 spiro atoms. The molecule has 20 heteroatoms. The summed E-state index contributed by atoms with van der Waals surface area (Å²) in [4.78, 5) is 0. The highest BCUT2D eigenvalue weighted by Crippen LogP contribution is 2.57. The zero-order chi connectivity index (χ0) is 37.9. The lowest BCUT2D eigenvalue weighted by molar-refractivity contribution is -0.143. The molecule has 0 aliphatic heterocycles. The van der Waals surface area contributed by atoms with Crippen molar-refractivity contribution < 1.29 is 65.9 Å². The summed E-state index contributed by atoms with van der Waals surface area (Å²) >= 11 is 0. The second-order valence-corrected chi connectivity index (χ2v) is 9.32. The summed E-state index contributed by atoms with van der Waals surface area (Å²) in [5, 5.41) is 46.9. The van der Waals surface area contributed by atoms with Gasteiger partial charge in [0.25, 0.3) is 0 Å². The van der Waals surface area contributed by atoms with Crippen molar-refractivity contribution in [3.05, 3.63) is 120 Å². The van der Waals surface area contributed by atoms with Crippen molar-refractivity contribution in [2.24, 2.45) is 0 Å². The summed E-state index contributed by atoms with van der Waals surface area (Å²) in [5.74, 6) is -33.1. The maximum atomic E-state index is 15.0. The van der Waals surface area contributed by atoms with Crippen LogP contribution >= 0.6 is 0 Å². The highest BCUT2D eigenvalue weighted by atomic mass is 19.4. The van der Waals surface area contributed by atoms with Gasteiger partial charge in [-0.25, -0.2) is 52.7 Å². The van der Waals surface area contributed by atoms with Gasteiger partial charge in [-0.05, 0) is 0 Å². The van der Waals surface area contributed by atoms with Crippen molar-refractivity contribution >= 4 is 16.7 Å². The van der Waals surface area contributed by atoms with Crippen LogP contribution in [-0.4, -0.2) is 0 Å². The monoisotopic (exact) mass is 715 g/mol. The van der Waals surface area contributed by atoms with Crippen LogP contribution in [0, 0.1) is 126 Å². The summed E-state index contributed by atoms with van der Waals surface area (Å²) in [6, 6.07) is 3.92. The summed E-state index contributed by atoms with van der Waals surface area (Å²) in [7, 11) is 0. The topological polar surface area (TPSA) is 119 Å². The molecule has 50 heavy (non-hydrogen) atoms. The van der Waals surface area contributed by atoms with E-state index in [1.165, 1.54) is 0 Å². The van der Waals surface area contributed by atoms with Crippen molar-refractivity contribution in [3.8, 4) is 30.3 Å². The van der Waals surface area contributed by atoms with Crippen LogP contribution in [0.3, 0.4) is 0 Å². The quantitative estimate of drug-likeness (QED) is 0.153. The second kappa shape index (κ2) is 12.4. The molecular formula is C30F15N5. The van der Waals surface area contributed by atoms with E-state index in [1.54, 1.807) is 0 Å². The van der Waals surface area contributed by atoms with Crippen LogP contribution in [0.1, 0.15) is 33.4 Å². The van der Waals surface area contributed by atoms with Crippen LogP contribution in [0.5, 0.6) is 0 Å². The number of alkyl halides is 3. The average molecular weight is 715 g/mol. The first-order valence-electron chi connectivity index (χ1n) is 12.2. The Labute approximate surface area is 265 Å². The van der Waals surface area contributed by atoms with Crippen LogP contribution in [0.4, 0.5) is 65.9 Å². The van der Waals surface area contributed by atoms with Crippen LogP contribution in [0.25, 0.3) is 16.7 Å². The SMILES string of the molecule is N#CC(=C1C(=C(\C#N)c2c(F)c(F)c(C#N)c(F)c2F)/C1=C(\C#N)c1c(F)c(F)c(C#N)c(F)c1F)c1c(F)c(F)c(C(F)(F)F)c(F)c1F. The zero-order valence-electron chi connectivity index (χ0n) is 22.9. The maximum absolute atomic E-state index is 15.0.